The van der Waals surface area contributed by atoms with Crippen molar-refractivity contribution in [2.24, 2.45) is 0 Å². The van der Waals surface area contributed by atoms with E-state index in [9.17, 15) is 9.90 Å². The fraction of sp³-hybridized carbons (Fsp3) is 0.500. The Labute approximate surface area is 402 Å². The van der Waals surface area contributed by atoms with Gasteiger partial charge in [0.1, 0.15) is 23.4 Å². The molecular formula is C52H75N9O7. The first-order valence-electron chi connectivity index (χ1n) is 23.2. The van der Waals surface area contributed by atoms with E-state index in [0.717, 1.165) is 38.9 Å². The second kappa shape index (κ2) is 29.2. The molecule has 68 heavy (non-hydrogen) atoms. The summed E-state index contributed by atoms with van der Waals surface area (Å²) in [5.41, 5.74) is 5.49. The van der Waals surface area contributed by atoms with Gasteiger partial charge in [-0.15, -0.1) is 0 Å². The highest BCUT2D eigenvalue weighted by molar-refractivity contribution is 5.93. The summed E-state index contributed by atoms with van der Waals surface area (Å²) in [7, 11) is 0. The smallest absolute Gasteiger partial charge is 0.335 e. The molecule has 0 aliphatic carbocycles. The number of nitrogens with zero attached hydrogens (tertiary/aromatic N) is 9. The van der Waals surface area contributed by atoms with Gasteiger partial charge in [-0.2, -0.15) is 0 Å². The van der Waals surface area contributed by atoms with Crippen LogP contribution in [0.3, 0.4) is 0 Å². The van der Waals surface area contributed by atoms with Crippen LogP contribution in [0.5, 0.6) is 0 Å². The molecule has 5 heterocycles. The van der Waals surface area contributed by atoms with Crippen molar-refractivity contribution >= 4 is 16.9 Å². The number of fused-ring (bicyclic) bond motifs is 1. The number of carbonyl (C=O) groups is 1. The molecule has 370 valence electrons. The van der Waals surface area contributed by atoms with Gasteiger partial charge < -0.3 is 30.6 Å². The first-order valence-corrected chi connectivity index (χ1v) is 23.2. The minimum atomic E-state index is -0.949. The maximum Gasteiger partial charge on any atom is 0.335 e. The van der Waals surface area contributed by atoms with Crippen LogP contribution < -0.4 is 0 Å². The molecule has 6 aromatic rings. The lowest BCUT2D eigenvalue weighted by atomic mass is 10.1. The second-order valence-corrected chi connectivity index (χ2v) is 18.4. The zero-order chi connectivity index (χ0) is 51.1. The maximum atomic E-state index is 10.8. The lowest BCUT2D eigenvalue weighted by Crippen LogP contribution is -2.19. The zero-order valence-electron chi connectivity index (χ0n) is 42.2. The molecule has 0 fully saturated rings. The summed E-state index contributed by atoms with van der Waals surface area (Å²) < 4.78 is 0. The summed E-state index contributed by atoms with van der Waals surface area (Å²) in [6.07, 6.45) is 14.7. The maximum absolute atomic E-state index is 10.8. The van der Waals surface area contributed by atoms with Crippen molar-refractivity contribution in [1.29, 1.82) is 0 Å². The Morgan fingerprint density at radius 1 is 0.574 bits per heavy atom. The molecule has 2 atom stereocenters. The SMILES string of the molecule is CC(C)c1ccc2ccc(C(=O)O)cc2n1.CC(C)c1cnc(C(C)(C)O)nc1.CC(C)c1cnc(C(C)O)nc1.CC(C)c1cnc(CCC(O)CO)nc1.CC(C)c1cnc(CCO)nc1. The lowest BCUT2D eigenvalue weighted by molar-refractivity contribution is 0.0682. The predicted octanol–water partition coefficient (Wildman–Crippen LogP) is 8.56. The number of hydrogen-bond acceptors (Lipinski definition) is 15. The number of rotatable bonds is 14. The third-order valence-corrected chi connectivity index (χ3v) is 10.2. The largest absolute Gasteiger partial charge is 0.478 e. The van der Waals surface area contributed by atoms with E-state index in [1.54, 1.807) is 63.8 Å². The molecule has 0 saturated heterocycles. The van der Waals surface area contributed by atoms with Crippen LogP contribution in [0, 0.1) is 0 Å². The topological polar surface area (TPSA) is 254 Å². The molecule has 6 rings (SSSR count). The van der Waals surface area contributed by atoms with Crippen molar-refractivity contribution in [2.75, 3.05) is 13.2 Å². The van der Waals surface area contributed by atoms with Gasteiger partial charge in [-0.3, -0.25) is 4.98 Å². The molecule has 0 radical (unpaired) electrons. The van der Waals surface area contributed by atoms with Gasteiger partial charge >= 0.3 is 5.97 Å². The standard InChI is InChI=1S/C13H13NO2.C11H18N2O2.C10H16N2O.2C9H14N2O/c1-8(2)11-6-5-9-3-4-10(13(15)16)7-12(9)14-11;1-8(2)9-5-12-11(13-6-9)4-3-10(15)7-14;1-7(2)8-5-11-9(12-6-8)10(3,4)13;1-6(2)8-4-10-9(7(3)12)11-5-8;1-7(2)8-5-10-9(3-4-12)11-6-8/h3-8H,1-2H3,(H,15,16);5-6,8,10,14-15H,3-4,7H2,1-2H3;5-7,13H,1-4H3;4-7,12H,1-3H3;5-7,12H,3-4H2,1-2H3. The molecule has 16 heteroatoms. The van der Waals surface area contributed by atoms with E-state index < -0.39 is 23.8 Å². The van der Waals surface area contributed by atoms with Crippen LogP contribution in [0.15, 0.2) is 79.9 Å². The van der Waals surface area contributed by atoms with Gasteiger partial charge in [0, 0.05) is 73.5 Å². The van der Waals surface area contributed by atoms with E-state index >= 15 is 0 Å². The number of aromatic nitrogens is 9. The molecule has 6 N–H and O–H groups in total. The van der Waals surface area contributed by atoms with E-state index in [4.69, 9.17) is 25.5 Å². The summed E-state index contributed by atoms with van der Waals surface area (Å²) in [4.78, 5) is 48.2. The lowest BCUT2D eigenvalue weighted by Gasteiger charge is -2.15. The van der Waals surface area contributed by atoms with Crippen LogP contribution in [0.4, 0.5) is 0 Å². The number of aliphatic hydroxyl groups is 5. The Balaban J connectivity index is 0.000000293. The highest BCUT2D eigenvalue weighted by atomic mass is 16.4. The van der Waals surface area contributed by atoms with E-state index in [1.807, 2.05) is 36.9 Å². The minimum Gasteiger partial charge on any atom is -0.478 e. The molecule has 0 saturated carbocycles. The summed E-state index contributed by atoms with van der Waals surface area (Å²) >= 11 is 0. The summed E-state index contributed by atoms with van der Waals surface area (Å²) in [6.45, 7) is 25.8. The van der Waals surface area contributed by atoms with Crippen LogP contribution in [-0.2, 0) is 18.4 Å². The number of hydrogen-bond donors (Lipinski definition) is 6. The van der Waals surface area contributed by atoms with Crippen LogP contribution in [0.2, 0.25) is 0 Å². The number of aromatic carboxylic acids is 1. The Bertz CT molecular complexity index is 2310. The van der Waals surface area contributed by atoms with Crippen molar-refractivity contribution in [2.45, 2.75) is 157 Å². The van der Waals surface area contributed by atoms with Gasteiger partial charge in [0.25, 0.3) is 0 Å². The quantitative estimate of drug-likeness (QED) is 0.0598. The molecule has 16 nitrogen and oxygen atoms in total. The van der Waals surface area contributed by atoms with Crippen molar-refractivity contribution in [3.05, 3.63) is 137 Å². The monoisotopic (exact) mass is 938 g/mol. The van der Waals surface area contributed by atoms with Gasteiger partial charge in [0.15, 0.2) is 11.6 Å². The molecule has 2 unspecified atom stereocenters. The normalized spacial score (nSPS) is 12.0. The number of benzene rings is 1. The number of aryl methyl sites for hydroxylation is 1. The van der Waals surface area contributed by atoms with Crippen LogP contribution in [0.1, 0.15) is 194 Å². The molecule has 5 aromatic heterocycles. The van der Waals surface area contributed by atoms with E-state index in [0.29, 0.717) is 72.1 Å². The first kappa shape index (κ1) is 58.3. The average Bonchev–Trinajstić information content (AvgIpc) is 3.31. The third kappa shape index (κ3) is 21.0. The van der Waals surface area contributed by atoms with Crippen molar-refractivity contribution in [3.63, 3.8) is 0 Å². The minimum absolute atomic E-state index is 0.112. The fourth-order valence-corrected chi connectivity index (χ4v) is 5.47. The Morgan fingerprint density at radius 3 is 1.35 bits per heavy atom. The molecule has 0 aliphatic heterocycles. The molecule has 1 aromatic carbocycles. The number of carboxylic acids is 1. The van der Waals surface area contributed by atoms with Crippen molar-refractivity contribution in [1.82, 2.24) is 44.9 Å². The Kier molecular flexibility index (Phi) is 25.0. The fourth-order valence-electron chi connectivity index (χ4n) is 5.47. The van der Waals surface area contributed by atoms with Gasteiger partial charge in [-0.1, -0.05) is 81.4 Å². The first-order chi connectivity index (χ1) is 32.0. The number of carboxylic acid groups (broad SMARTS) is 1. The summed E-state index contributed by atoms with van der Waals surface area (Å²) in [5.74, 6) is 3.57. The van der Waals surface area contributed by atoms with E-state index in [-0.39, 0.29) is 18.8 Å². The highest BCUT2D eigenvalue weighted by Crippen LogP contribution is 2.20. The Morgan fingerprint density at radius 2 is 0.985 bits per heavy atom. The van der Waals surface area contributed by atoms with Gasteiger partial charge in [0.05, 0.1) is 30.4 Å². The zero-order valence-corrected chi connectivity index (χ0v) is 42.2. The average molecular weight is 938 g/mol. The predicted molar refractivity (Wildman–Crippen MR) is 265 cm³/mol. The van der Waals surface area contributed by atoms with Gasteiger partial charge in [-0.25, -0.2) is 44.7 Å². The van der Waals surface area contributed by atoms with Gasteiger partial charge in [-0.05, 0) is 97.2 Å². The molecule has 0 spiro atoms. The number of aliphatic hydroxyl groups excluding tert-OH is 4. The van der Waals surface area contributed by atoms with Gasteiger partial charge in [0.2, 0.25) is 0 Å². The van der Waals surface area contributed by atoms with Crippen LogP contribution in [-0.4, -0.2) is 101 Å². The van der Waals surface area contributed by atoms with Crippen LogP contribution >= 0.6 is 0 Å². The molecule has 0 aliphatic rings. The van der Waals surface area contributed by atoms with E-state index in [1.165, 1.54) is 0 Å². The summed E-state index contributed by atoms with van der Waals surface area (Å²) in [5, 5.41) is 55.0. The van der Waals surface area contributed by atoms with Crippen molar-refractivity contribution < 1.29 is 35.4 Å². The number of pyridine rings is 1. The van der Waals surface area contributed by atoms with Crippen LogP contribution in [0.25, 0.3) is 10.9 Å². The molecular weight excluding hydrogens is 863 g/mol. The summed E-state index contributed by atoms with van der Waals surface area (Å²) in [6, 6.07) is 8.96. The second-order valence-electron chi connectivity index (χ2n) is 18.4. The molecule has 0 bridgehead atoms. The van der Waals surface area contributed by atoms with E-state index in [2.05, 4.69) is 114 Å². The van der Waals surface area contributed by atoms with Crippen molar-refractivity contribution in [3.8, 4) is 0 Å². The third-order valence-electron chi connectivity index (χ3n) is 10.2. The highest BCUT2D eigenvalue weighted by Gasteiger charge is 2.19. The Hall–Kier alpha value is -5.78. The molecule has 0 amide bonds.